The molecule has 0 aromatic heterocycles. The van der Waals surface area contributed by atoms with Crippen molar-refractivity contribution in [3.63, 3.8) is 0 Å². The Bertz CT molecular complexity index is 798. The molecule has 2 aliphatic rings. The summed E-state index contributed by atoms with van der Waals surface area (Å²) < 4.78 is 10.7. The molecule has 1 fully saturated rings. The molecule has 0 spiro atoms. The van der Waals surface area contributed by atoms with Gasteiger partial charge >= 0.3 is 0 Å². The maximum absolute atomic E-state index is 12.5. The Balaban J connectivity index is 1.39. The fraction of sp³-hybridized carbons (Fsp3) is 0.409. The second-order valence-corrected chi connectivity index (χ2v) is 7.34. The number of benzene rings is 2. The summed E-state index contributed by atoms with van der Waals surface area (Å²) in [6, 6.07) is 14.6. The van der Waals surface area contributed by atoms with Gasteiger partial charge in [0.05, 0.1) is 12.5 Å². The van der Waals surface area contributed by atoms with Crippen molar-refractivity contribution in [2.24, 2.45) is 0 Å². The Labute approximate surface area is 160 Å². The number of nitrogens with zero attached hydrogens (tertiary/aromatic N) is 1. The Kier molecular flexibility index (Phi) is 5.30. The van der Waals surface area contributed by atoms with Gasteiger partial charge in [0, 0.05) is 6.54 Å². The molecule has 0 aliphatic carbocycles. The molecular weight excluding hydrogens is 340 g/mol. The van der Waals surface area contributed by atoms with Crippen molar-refractivity contribution < 1.29 is 14.3 Å². The first-order chi connectivity index (χ1) is 13.2. The van der Waals surface area contributed by atoms with E-state index in [1.165, 1.54) is 24.0 Å². The number of hydrogen-bond acceptors (Lipinski definition) is 4. The molecule has 0 saturated carbocycles. The first kappa shape index (κ1) is 17.9. The molecule has 1 N–H and O–H groups in total. The molecule has 0 bridgehead atoms. The van der Waals surface area contributed by atoms with Crippen LogP contribution in [-0.4, -0.2) is 37.2 Å². The third-order valence-corrected chi connectivity index (χ3v) is 5.34. The van der Waals surface area contributed by atoms with E-state index in [1.807, 2.05) is 18.2 Å². The zero-order valence-corrected chi connectivity index (χ0v) is 15.7. The van der Waals surface area contributed by atoms with Gasteiger partial charge in [0.15, 0.2) is 11.5 Å². The highest BCUT2D eigenvalue weighted by Gasteiger charge is 2.24. The van der Waals surface area contributed by atoms with E-state index in [0.29, 0.717) is 13.0 Å². The first-order valence-corrected chi connectivity index (χ1v) is 9.65. The number of amides is 1. The number of hydrogen-bond donors (Lipinski definition) is 1. The van der Waals surface area contributed by atoms with Crippen LogP contribution in [0.25, 0.3) is 0 Å². The third kappa shape index (κ3) is 4.25. The summed E-state index contributed by atoms with van der Waals surface area (Å²) in [5, 5.41) is 3.14. The van der Waals surface area contributed by atoms with E-state index in [2.05, 4.69) is 41.4 Å². The number of aryl methyl sites for hydroxylation is 1. The molecule has 2 aromatic carbocycles. The van der Waals surface area contributed by atoms with E-state index in [4.69, 9.17) is 9.47 Å². The van der Waals surface area contributed by atoms with Crippen LogP contribution in [0.4, 0.5) is 0 Å². The standard InChI is InChI=1S/C22H26N2O3/c1-16-4-7-18(8-5-16)19(24-10-2-3-11-24)14-23-22(25)13-17-6-9-20-21(12-17)27-15-26-20/h4-9,12,19H,2-3,10-11,13-15H2,1H3,(H,23,25). The van der Waals surface area contributed by atoms with Gasteiger partial charge in [0.2, 0.25) is 12.7 Å². The van der Waals surface area contributed by atoms with Gasteiger partial charge in [-0.25, -0.2) is 0 Å². The molecule has 1 atom stereocenters. The molecule has 5 nitrogen and oxygen atoms in total. The van der Waals surface area contributed by atoms with Crippen LogP contribution in [0.15, 0.2) is 42.5 Å². The van der Waals surface area contributed by atoms with Gasteiger partial charge < -0.3 is 14.8 Å². The van der Waals surface area contributed by atoms with Gasteiger partial charge in [0.1, 0.15) is 0 Å². The van der Waals surface area contributed by atoms with E-state index < -0.39 is 0 Å². The zero-order chi connectivity index (χ0) is 18.6. The summed E-state index contributed by atoms with van der Waals surface area (Å²) in [5.41, 5.74) is 3.46. The molecule has 2 aliphatic heterocycles. The van der Waals surface area contributed by atoms with Gasteiger partial charge in [-0.3, -0.25) is 9.69 Å². The topological polar surface area (TPSA) is 50.8 Å². The summed E-state index contributed by atoms with van der Waals surface area (Å²) in [4.78, 5) is 15.0. The SMILES string of the molecule is Cc1ccc(C(CNC(=O)Cc2ccc3c(c2)OCO3)N2CCCC2)cc1. The van der Waals surface area contributed by atoms with Gasteiger partial charge in [-0.05, 0) is 56.1 Å². The molecule has 2 aromatic rings. The Morgan fingerprint density at radius 3 is 2.59 bits per heavy atom. The lowest BCUT2D eigenvalue weighted by molar-refractivity contribution is -0.120. The monoisotopic (exact) mass is 366 g/mol. The number of fused-ring (bicyclic) bond motifs is 1. The summed E-state index contributed by atoms with van der Waals surface area (Å²) in [6.45, 7) is 5.17. The van der Waals surface area contributed by atoms with Crippen LogP contribution in [0.5, 0.6) is 11.5 Å². The number of rotatable bonds is 6. The van der Waals surface area contributed by atoms with Crippen molar-refractivity contribution >= 4 is 5.91 Å². The van der Waals surface area contributed by atoms with Gasteiger partial charge in [-0.1, -0.05) is 35.9 Å². The largest absolute Gasteiger partial charge is 0.454 e. The second-order valence-electron chi connectivity index (χ2n) is 7.34. The van der Waals surface area contributed by atoms with Crippen molar-refractivity contribution in [3.8, 4) is 11.5 Å². The fourth-order valence-corrected chi connectivity index (χ4v) is 3.81. The van der Waals surface area contributed by atoms with Crippen LogP contribution < -0.4 is 14.8 Å². The molecule has 142 valence electrons. The number of carbonyl (C=O) groups is 1. The van der Waals surface area contributed by atoms with Gasteiger partial charge in [-0.15, -0.1) is 0 Å². The lowest BCUT2D eigenvalue weighted by atomic mass is 10.0. The van der Waals surface area contributed by atoms with Crippen LogP contribution in [0.1, 0.15) is 35.6 Å². The average molecular weight is 366 g/mol. The van der Waals surface area contributed by atoms with Gasteiger partial charge in [-0.2, -0.15) is 0 Å². The quantitative estimate of drug-likeness (QED) is 0.853. The Hall–Kier alpha value is -2.53. The van der Waals surface area contributed by atoms with E-state index in [1.54, 1.807) is 0 Å². The number of likely N-dealkylation sites (tertiary alicyclic amines) is 1. The van der Waals surface area contributed by atoms with Crippen LogP contribution in [-0.2, 0) is 11.2 Å². The second kappa shape index (κ2) is 8.01. The normalized spacial score (nSPS) is 17.1. The van der Waals surface area contributed by atoms with E-state index in [-0.39, 0.29) is 18.7 Å². The molecule has 5 heteroatoms. The Morgan fingerprint density at radius 2 is 1.81 bits per heavy atom. The predicted octanol–water partition coefficient (Wildman–Crippen LogP) is 3.22. The van der Waals surface area contributed by atoms with Crippen molar-refractivity contribution in [2.45, 2.75) is 32.2 Å². The predicted molar refractivity (Wildman–Crippen MR) is 104 cm³/mol. The lowest BCUT2D eigenvalue weighted by Gasteiger charge is -2.28. The minimum Gasteiger partial charge on any atom is -0.454 e. The third-order valence-electron chi connectivity index (χ3n) is 5.34. The smallest absolute Gasteiger partial charge is 0.231 e. The molecule has 1 unspecified atom stereocenters. The lowest BCUT2D eigenvalue weighted by Crippen LogP contribution is -2.37. The highest BCUT2D eigenvalue weighted by Crippen LogP contribution is 2.32. The maximum Gasteiger partial charge on any atom is 0.231 e. The Morgan fingerprint density at radius 1 is 1.07 bits per heavy atom. The molecule has 1 amide bonds. The number of carbonyl (C=O) groups excluding carboxylic acids is 1. The summed E-state index contributed by atoms with van der Waals surface area (Å²) in [6.07, 6.45) is 2.80. The molecular formula is C22H26N2O3. The highest BCUT2D eigenvalue weighted by atomic mass is 16.7. The van der Waals surface area contributed by atoms with Gasteiger partial charge in [0.25, 0.3) is 0 Å². The molecule has 27 heavy (non-hydrogen) atoms. The van der Waals surface area contributed by atoms with E-state index in [9.17, 15) is 4.79 Å². The van der Waals surface area contributed by atoms with Crippen LogP contribution in [0.2, 0.25) is 0 Å². The van der Waals surface area contributed by atoms with Crippen molar-refractivity contribution in [3.05, 3.63) is 59.2 Å². The van der Waals surface area contributed by atoms with Crippen molar-refractivity contribution in [1.82, 2.24) is 10.2 Å². The molecule has 1 saturated heterocycles. The zero-order valence-electron chi connectivity index (χ0n) is 15.7. The summed E-state index contributed by atoms with van der Waals surface area (Å²) in [7, 11) is 0. The summed E-state index contributed by atoms with van der Waals surface area (Å²) >= 11 is 0. The van der Waals surface area contributed by atoms with Crippen LogP contribution in [0.3, 0.4) is 0 Å². The number of ether oxygens (including phenoxy) is 2. The fourth-order valence-electron chi connectivity index (χ4n) is 3.81. The summed E-state index contributed by atoms with van der Waals surface area (Å²) in [5.74, 6) is 1.49. The highest BCUT2D eigenvalue weighted by molar-refractivity contribution is 5.78. The van der Waals surface area contributed by atoms with Crippen molar-refractivity contribution in [1.29, 1.82) is 0 Å². The van der Waals surface area contributed by atoms with Crippen LogP contribution in [0, 0.1) is 6.92 Å². The molecule has 0 radical (unpaired) electrons. The number of nitrogens with one attached hydrogen (secondary N) is 1. The molecule has 4 rings (SSSR count). The minimum absolute atomic E-state index is 0.0326. The van der Waals surface area contributed by atoms with E-state index in [0.717, 1.165) is 30.2 Å². The minimum atomic E-state index is 0.0326. The van der Waals surface area contributed by atoms with Crippen LogP contribution >= 0.6 is 0 Å². The van der Waals surface area contributed by atoms with E-state index >= 15 is 0 Å². The maximum atomic E-state index is 12.5. The van der Waals surface area contributed by atoms with Crippen molar-refractivity contribution in [2.75, 3.05) is 26.4 Å². The first-order valence-electron chi connectivity index (χ1n) is 9.65. The average Bonchev–Trinajstić information content (AvgIpc) is 3.35. The molecule has 2 heterocycles.